The first-order valence-corrected chi connectivity index (χ1v) is 7.44. The average Bonchev–Trinajstić information content (AvgIpc) is 3.05. The van der Waals surface area contributed by atoms with Gasteiger partial charge in [-0.3, -0.25) is 15.0 Å². The third kappa shape index (κ3) is 3.94. The molecule has 0 radical (unpaired) electrons. The summed E-state index contributed by atoms with van der Waals surface area (Å²) in [6, 6.07) is 3.73. The van der Waals surface area contributed by atoms with Gasteiger partial charge in [-0.2, -0.15) is 13.9 Å². The van der Waals surface area contributed by atoms with Crippen LogP contribution in [0.1, 0.15) is 0 Å². The van der Waals surface area contributed by atoms with Gasteiger partial charge in [0.05, 0.1) is 17.6 Å². The van der Waals surface area contributed by atoms with Crippen molar-refractivity contribution < 1.29 is 18.3 Å². The maximum atomic E-state index is 12.6. The number of nitrogens with zero attached hydrogens (tertiary/aromatic N) is 3. The summed E-state index contributed by atoms with van der Waals surface area (Å²) in [5.41, 5.74) is 0.818. The molecule has 2 amide bonds. The van der Waals surface area contributed by atoms with Crippen LogP contribution >= 0.6 is 11.6 Å². The van der Waals surface area contributed by atoms with Gasteiger partial charge in [0.15, 0.2) is 0 Å². The molecule has 130 valence electrons. The number of amides is 2. The Morgan fingerprint density at radius 2 is 2.28 bits per heavy atom. The van der Waals surface area contributed by atoms with Gasteiger partial charge in [-0.1, -0.05) is 11.6 Å². The van der Waals surface area contributed by atoms with E-state index in [4.69, 9.17) is 11.6 Å². The Bertz CT molecular complexity index is 837. The lowest BCUT2D eigenvalue weighted by Gasteiger charge is -2.18. The van der Waals surface area contributed by atoms with E-state index in [1.54, 1.807) is 18.5 Å². The number of aliphatic imine (C=N–C) groups is 1. The summed E-state index contributed by atoms with van der Waals surface area (Å²) in [6.45, 7) is -2.83. The highest BCUT2D eigenvalue weighted by molar-refractivity contribution is 6.31. The number of benzene rings is 1. The van der Waals surface area contributed by atoms with E-state index >= 15 is 0 Å². The standard InChI is InChI=1S/C15H12ClF2N5O2/c16-9-2-3-12(25-14(17)18)10(6-9)13-11(7-20-22-13)21-15(24)23-5-1-4-19-8-23/h1-7,14H,8H2,(H,20,22)(H,21,24). The molecular weight excluding hydrogens is 356 g/mol. The number of alkyl halides is 2. The molecule has 3 rings (SSSR count). The molecule has 2 N–H and O–H groups in total. The van der Waals surface area contributed by atoms with Gasteiger partial charge in [-0.05, 0) is 24.3 Å². The molecule has 0 saturated carbocycles. The minimum Gasteiger partial charge on any atom is -0.434 e. The molecule has 1 aromatic heterocycles. The molecule has 1 aliphatic heterocycles. The van der Waals surface area contributed by atoms with Crippen LogP contribution in [0.5, 0.6) is 5.75 Å². The number of carbonyl (C=O) groups is 1. The first-order valence-electron chi connectivity index (χ1n) is 7.07. The molecule has 25 heavy (non-hydrogen) atoms. The maximum absolute atomic E-state index is 12.6. The Labute approximate surface area is 145 Å². The van der Waals surface area contributed by atoms with Gasteiger partial charge in [-0.15, -0.1) is 0 Å². The zero-order valence-corrected chi connectivity index (χ0v) is 13.4. The average molecular weight is 368 g/mol. The first-order chi connectivity index (χ1) is 12.0. The zero-order valence-electron chi connectivity index (χ0n) is 12.6. The van der Waals surface area contributed by atoms with E-state index in [-0.39, 0.29) is 29.4 Å². The van der Waals surface area contributed by atoms with Crippen molar-refractivity contribution in [2.24, 2.45) is 4.99 Å². The fourth-order valence-electron chi connectivity index (χ4n) is 2.19. The molecule has 2 aromatic rings. The van der Waals surface area contributed by atoms with Crippen LogP contribution in [0.15, 0.2) is 41.7 Å². The number of hydrogen-bond donors (Lipinski definition) is 2. The Hall–Kier alpha value is -2.94. The molecule has 0 unspecified atom stereocenters. The summed E-state index contributed by atoms with van der Waals surface area (Å²) in [5.74, 6) is -0.0957. The molecule has 7 nitrogen and oxygen atoms in total. The topological polar surface area (TPSA) is 82.6 Å². The summed E-state index contributed by atoms with van der Waals surface area (Å²) in [5, 5.41) is 9.47. The smallest absolute Gasteiger partial charge is 0.387 e. The number of H-pyrrole nitrogens is 1. The Kier molecular flexibility index (Phi) is 4.94. The fraction of sp³-hybridized carbons (Fsp3) is 0.133. The second-order valence-electron chi connectivity index (χ2n) is 4.89. The minimum atomic E-state index is -3.00. The number of nitrogens with one attached hydrogen (secondary N) is 2. The lowest BCUT2D eigenvalue weighted by atomic mass is 10.1. The van der Waals surface area contributed by atoms with Crippen LogP contribution in [0.4, 0.5) is 19.3 Å². The third-order valence-electron chi connectivity index (χ3n) is 3.26. The van der Waals surface area contributed by atoms with Crippen molar-refractivity contribution >= 4 is 29.5 Å². The van der Waals surface area contributed by atoms with Gasteiger partial charge < -0.3 is 10.1 Å². The second kappa shape index (κ2) is 7.31. The second-order valence-corrected chi connectivity index (χ2v) is 5.33. The number of aromatic nitrogens is 2. The molecule has 0 saturated heterocycles. The van der Waals surface area contributed by atoms with Crippen LogP contribution in [-0.4, -0.2) is 40.6 Å². The first kappa shape index (κ1) is 16.9. The number of halogens is 3. The van der Waals surface area contributed by atoms with E-state index in [1.165, 1.54) is 29.3 Å². The van der Waals surface area contributed by atoms with Gasteiger partial charge >= 0.3 is 12.6 Å². The number of anilines is 1. The van der Waals surface area contributed by atoms with Crippen molar-refractivity contribution in [3.8, 4) is 17.0 Å². The third-order valence-corrected chi connectivity index (χ3v) is 3.50. The van der Waals surface area contributed by atoms with Crippen LogP contribution in [0.25, 0.3) is 11.3 Å². The Morgan fingerprint density at radius 3 is 3.00 bits per heavy atom. The molecule has 0 aliphatic carbocycles. The van der Waals surface area contributed by atoms with E-state index in [1.807, 2.05) is 0 Å². The van der Waals surface area contributed by atoms with Crippen molar-refractivity contribution in [3.63, 3.8) is 0 Å². The highest BCUT2D eigenvalue weighted by Gasteiger charge is 2.19. The largest absolute Gasteiger partial charge is 0.434 e. The minimum absolute atomic E-state index is 0.0957. The summed E-state index contributed by atoms with van der Waals surface area (Å²) >= 11 is 5.95. The number of aromatic amines is 1. The predicted molar refractivity (Wildman–Crippen MR) is 89.0 cm³/mol. The number of urea groups is 1. The molecule has 0 spiro atoms. The van der Waals surface area contributed by atoms with Crippen molar-refractivity contribution in [1.29, 1.82) is 0 Å². The highest BCUT2D eigenvalue weighted by Crippen LogP contribution is 2.36. The molecule has 0 bridgehead atoms. The maximum Gasteiger partial charge on any atom is 0.387 e. The number of carbonyl (C=O) groups excluding carboxylic acids is 1. The normalized spacial score (nSPS) is 13.4. The van der Waals surface area contributed by atoms with E-state index in [9.17, 15) is 13.6 Å². The number of allylic oxidation sites excluding steroid dienone is 1. The molecule has 1 aromatic carbocycles. The van der Waals surface area contributed by atoms with Crippen LogP contribution < -0.4 is 10.1 Å². The lowest BCUT2D eigenvalue weighted by molar-refractivity contribution is -0.0494. The summed E-state index contributed by atoms with van der Waals surface area (Å²) in [7, 11) is 0. The Balaban J connectivity index is 1.89. The van der Waals surface area contributed by atoms with Gasteiger partial charge in [0, 0.05) is 23.0 Å². The number of rotatable bonds is 4. The fourth-order valence-corrected chi connectivity index (χ4v) is 2.36. The number of ether oxygens (including phenoxy) is 1. The number of hydrogen-bond acceptors (Lipinski definition) is 4. The molecule has 2 heterocycles. The Morgan fingerprint density at radius 1 is 1.44 bits per heavy atom. The molecule has 0 fully saturated rings. The van der Waals surface area contributed by atoms with Gasteiger partial charge in [0.1, 0.15) is 12.4 Å². The van der Waals surface area contributed by atoms with E-state index in [2.05, 4.69) is 25.2 Å². The summed E-state index contributed by atoms with van der Waals surface area (Å²) < 4.78 is 29.7. The van der Waals surface area contributed by atoms with E-state index in [0.29, 0.717) is 5.02 Å². The molecule has 10 heteroatoms. The SMILES string of the molecule is O=C(Nc1cn[nH]c1-c1cc(Cl)ccc1OC(F)F)N1C=CC=NC1. The van der Waals surface area contributed by atoms with Crippen molar-refractivity contribution in [2.75, 3.05) is 12.0 Å². The van der Waals surface area contributed by atoms with E-state index in [0.717, 1.165) is 0 Å². The monoisotopic (exact) mass is 367 g/mol. The van der Waals surface area contributed by atoms with Crippen LogP contribution in [-0.2, 0) is 0 Å². The van der Waals surface area contributed by atoms with Crippen molar-refractivity contribution in [2.45, 2.75) is 6.61 Å². The quantitative estimate of drug-likeness (QED) is 0.864. The highest BCUT2D eigenvalue weighted by atomic mass is 35.5. The molecule has 1 aliphatic rings. The predicted octanol–water partition coefficient (Wildman–Crippen LogP) is 3.72. The van der Waals surface area contributed by atoms with Gasteiger partial charge in [0.2, 0.25) is 0 Å². The van der Waals surface area contributed by atoms with Crippen molar-refractivity contribution in [3.05, 3.63) is 41.7 Å². The van der Waals surface area contributed by atoms with Gasteiger partial charge in [-0.25, -0.2) is 4.79 Å². The summed E-state index contributed by atoms with van der Waals surface area (Å²) in [6.07, 6.45) is 6.11. The molecular formula is C15H12ClF2N5O2. The van der Waals surface area contributed by atoms with Crippen LogP contribution in [0.3, 0.4) is 0 Å². The van der Waals surface area contributed by atoms with Crippen LogP contribution in [0, 0.1) is 0 Å². The van der Waals surface area contributed by atoms with Gasteiger partial charge in [0.25, 0.3) is 0 Å². The summed E-state index contributed by atoms with van der Waals surface area (Å²) in [4.78, 5) is 17.5. The van der Waals surface area contributed by atoms with Crippen LogP contribution in [0.2, 0.25) is 5.02 Å². The lowest BCUT2D eigenvalue weighted by Crippen LogP contribution is -2.31. The van der Waals surface area contributed by atoms with E-state index < -0.39 is 12.6 Å². The zero-order chi connectivity index (χ0) is 17.8. The van der Waals surface area contributed by atoms with Crippen molar-refractivity contribution in [1.82, 2.24) is 15.1 Å². The molecule has 0 atom stereocenters.